The first-order chi connectivity index (χ1) is 5.49. The normalized spacial score (nSPS) is 15.4. The molecule has 0 spiro atoms. The highest BCUT2D eigenvalue weighted by Crippen LogP contribution is 2.18. The SMILES string of the molecule is [2H][13C]([2H])([2H])Oc1ccccc1I. The zero-order chi connectivity index (χ0) is 9.19. The van der Waals surface area contributed by atoms with Crippen molar-refractivity contribution in [2.45, 2.75) is 0 Å². The molecule has 48 valence electrons. The highest BCUT2D eigenvalue weighted by molar-refractivity contribution is 14.1. The highest BCUT2D eigenvalue weighted by Gasteiger charge is 1.92. The molecule has 0 aliphatic rings. The van der Waals surface area contributed by atoms with Gasteiger partial charge in [-0.2, -0.15) is 0 Å². The van der Waals surface area contributed by atoms with Crippen LogP contribution in [-0.2, 0) is 0 Å². The van der Waals surface area contributed by atoms with Gasteiger partial charge in [0.05, 0.1) is 14.7 Å². The lowest BCUT2D eigenvalue weighted by Crippen LogP contribution is -1.83. The van der Waals surface area contributed by atoms with Crippen molar-refractivity contribution in [3.63, 3.8) is 0 Å². The fraction of sp³-hybridized carbons (Fsp3) is 0.143. The van der Waals surface area contributed by atoms with Gasteiger partial charge in [-0.3, -0.25) is 0 Å². The molecule has 1 rings (SSSR count). The second kappa shape index (κ2) is 3.06. The Kier molecular flexibility index (Phi) is 1.29. The molecule has 0 atom stereocenters. The van der Waals surface area contributed by atoms with Crippen molar-refractivity contribution >= 4 is 22.6 Å². The van der Waals surface area contributed by atoms with Gasteiger partial charge in [-0.15, -0.1) is 0 Å². The molecule has 2 heteroatoms. The smallest absolute Gasteiger partial charge is 0.132 e. The molecular weight excluding hydrogens is 228 g/mol. The molecule has 0 bridgehead atoms. The van der Waals surface area contributed by atoms with Gasteiger partial charge in [0.25, 0.3) is 0 Å². The van der Waals surface area contributed by atoms with Gasteiger partial charge in [-0.05, 0) is 34.7 Å². The van der Waals surface area contributed by atoms with Crippen LogP contribution in [0.1, 0.15) is 4.11 Å². The minimum Gasteiger partial charge on any atom is -0.496 e. The van der Waals surface area contributed by atoms with E-state index in [-0.39, 0.29) is 0 Å². The first kappa shape index (κ1) is 3.81. The number of halogens is 1. The molecule has 1 aromatic carbocycles. The third-order valence-electron chi connectivity index (χ3n) is 0.947. The number of hydrogen-bond acceptors (Lipinski definition) is 1. The molecule has 9 heavy (non-hydrogen) atoms. The monoisotopic (exact) mass is 238 g/mol. The Morgan fingerprint density at radius 1 is 1.56 bits per heavy atom. The molecule has 0 saturated carbocycles. The van der Waals surface area contributed by atoms with Crippen molar-refractivity contribution in [1.29, 1.82) is 0 Å². The van der Waals surface area contributed by atoms with Crippen LogP contribution in [0.15, 0.2) is 24.3 Å². The van der Waals surface area contributed by atoms with Crippen molar-refractivity contribution < 1.29 is 8.85 Å². The summed E-state index contributed by atoms with van der Waals surface area (Å²) in [6.45, 7) is 0. The molecule has 0 fully saturated rings. The molecule has 0 N–H and O–H groups in total. The Morgan fingerprint density at radius 3 is 3.00 bits per heavy atom. The van der Waals surface area contributed by atoms with Crippen LogP contribution in [-0.4, -0.2) is 7.04 Å². The Labute approximate surface area is 72.4 Å². The van der Waals surface area contributed by atoms with Crippen LogP contribution in [0.3, 0.4) is 0 Å². The van der Waals surface area contributed by atoms with E-state index in [2.05, 4.69) is 0 Å². The lowest BCUT2D eigenvalue weighted by atomic mass is 10.3. The summed E-state index contributed by atoms with van der Waals surface area (Å²) in [5.41, 5.74) is 0. The minimum atomic E-state index is -2.36. The van der Waals surface area contributed by atoms with Crippen LogP contribution in [0.25, 0.3) is 0 Å². The van der Waals surface area contributed by atoms with Crippen molar-refractivity contribution in [1.82, 2.24) is 0 Å². The Balaban J connectivity index is 2.83. The second-order valence-corrected chi connectivity index (χ2v) is 2.69. The molecule has 0 unspecified atom stereocenters. The topological polar surface area (TPSA) is 9.23 Å². The van der Waals surface area contributed by atoms with Gasteiger partial charge in [0.2, 0.25) is 0 Å². The Morgan fingerprint density at radius 2 is 2.33 bits per heavy atom. The van der Waals surface area contributed by atoms with E-state index >= 15 is 0 Å². The van der Waals surface area contributed by atoms with E-state index in [9.17, 15) is 0 Å². The standard InChI is InChI=1S/C7H7IO/c1-9-7-5-3-2-4-6(7)8/h2-5H,1H3/i1+1D3. The van der Waals surface area contributed by atoms with E-state index in [0.29, 0.717) is 5.75 Å². The van der Waals surface area contributed by atoms with E-state index in [1.54, 1.807) is 18.2 Å². The Hall–Kier alpha value is -0.250. The molecule has 0 saturated heterocycles. The maximum absolute atomic E-state index is 6.87. The number of rotatable bonds is 1. The summed E-state index contributed by atoms with van der Waals surface area (Å²) in [7, 11) is -2.36. The molecular formula is C7H7IO. The van der Waals surface area contributed by atoms with Crippen molar-refractivity contribution in [3.8, 4) is 5.75 Å². The van der Waals surface area contributed by atoms with E-state index in [0.717, 1.165) is 3.57 Å². The van der Waals surface area contributed by atoms with Crippen LogP contribution in [0.5, 0.6) is 5.75 Å². The van der Waals surface area contributed by atoms with Crippen LogP contribution in [0.2, 0.25) is 0 Å². The third kappa shape index (κ3) is 1.58. The number of benzene rings is 1. The minimum absolute atomic E-state index is 0.401. The molecule has 0 aliphatic heterocycles. The van der Waals surface area contributed by atoms with E-state index in [4.69, 9.17) is 8.85 Å². The van der Waals surface area contributed by atoms with E-state index in [1.165, 1.54) is 0 Å². The van der Waals surface area contributed by atoms with Crippen molar-refractivity contribution in [3.05, 3.63) is 27.8 Å². The fourth-order valence-corrected chi connectivity index (χ4v) is 1.02. The fourth-order valence-electron chi connectivity index (χ4n) is 0.528. The first-order valence-corrected chi connectivity index (χ1v) is 3.50. The predicted octanol–water partition coefficient (Wildman–Crippen LogP) is 2.30. The Bertz CT molecular complexity index is 272. The van der Waals surface area contributed by atoms with E-state index in [1.807, 2.05) is 28.7 Å². The summed E-state index contributed by atoms with van der Waals surface area (Å²) < 4.78 is 26.1. The summed E-state index contributed by atoms with van der Waals surface area (Å²) in [5.74, 6) is 0.401. The number of hydrogen-bond donors (Lipinski definition) is 0. The molecule has 1 aromatic rings. The average molecular weight is 238 g/mol. The third-order valence-corrected chi connectivity index (χ3v) is 1.84. The zero-order valence-corrected chi connectivity index (χ0v) is 6.75. The van der Waals surface area contributed by atoms with E-state index < -0.39 is 7.04 Å². The lowest BCUT2D eigenvalue weighted by molar-refractivity contribution is 0.412. The van der Waals surface area contributed by atoms with Crippen LogP contribution in [0.4, 0.5) is 0 Å². The summed E-state index contributed by atoms with van der Waals surface area (Å²) in [4.78, 5) is 0. The maximum Gasteiger partial charge on any atom is 0.132 e. The van der Waals surface area contributed by atoms with Gasteiger partial charge in [-0.1, -0.05) is 12.1 Å². The van der Waals surface area contributed by atoms with Gasteiger partial charge in [0.1, 0.15) is 5.75 Å². The second-order valence-electron chi connectivity index (χ2n) is 1.53. The number of para-hydroxylation sites is 1. The van der Waals surface area contributed by atoms with Crippen molar-refractivity contribution in [2.75, 3.05) is 7.04 Å². The number of ether oxygens (including phenoxy) is 1. The molecule has 0 amide bonds. The quantitative estimate of drug-likeness (QED) is 0.538. The average Bonchev–Trinajstić information content (AvgIpc) is 1.91. The van der Waals surface area contributed by atoms with Gasteiger partial charge >= 0.3 is 0 Å². The molecule has 0 heterocycles. The maximum atomic E-state index is 6.87. The van der Waals surface area contributed by atoms with Gasteiger partial charge in [-0.25, -0.2) is 0 Å². The van der Waals surface area contributed by atoms with Gasteiger partial charge < -0.3 is 4.74 Å². The highest BCUT2D eigenvalue weighted by atomic mass is 127. The van der Waals surface area contributed by atoms with Crippen molar-refractivity contribution in [2.24, 2.45) is 0 Å². The summed E-state index contributed by atoms with van der Waals surface area (Å²) in [5, 5.41) is 0. The molecule has 1 nitrogen and oxygen atoms in total. The van der Waals surface area contributed by atoms with Gasteiger partial charge in [0.15, 0.2) is 0 Å². The lowest BCUT2D eigenvalue weighted by Gasteiger charge is -1.99. The largest absolute Gasteiger partial charge is 0.496 e. The van der Waals surface area contributed by atoms with Crippen LogP contribution in [0, 0.1) is 3.57 Å². The number of methoxy groups -OCH3 is 1. The summed E-state index contributed by atoms with van der Waals surface area (Å²) in [6.07, 6.45) is 0. The molecule has 0 radical (unpaired) electrons. The van der Waals surface area contributed by atoms with Gasteiger partial charge in [0, 0.05) is 0 Å². The summed E-state index contributed by atoms with van der Waals surface area (Å²) >= 11 is 2.03. The molecule has 0 aromatic heterocycles. The zero-order valence-electron chi connectivity index (χ0n) is 7.60. The summed E-state index contributed by atoms with van der Waals surface area (Å²) in [6, 6.07) is 6.99. The van der Waals surface area contributed by atoms with Crippen LogP contribution < -0.4 is 4.74 Å². The first-order valence-electron chi connectivity index (χ1n) is 3.92. The van der Waals surface area contributed by atoms with Crippen LogP contribution >= 0.6 is 22.6 Å². The predicted molar refractivity (Wildman–Crippen MR) is 45.7 cm³/mol. The molecule has 0 aliphatic carbocycles.